The van der Waals surface area contributed by atoms with Gasteiger partial charge in [0.25, 0.3) is 0 Å². The lowest BCUT2D eigenvalue weighted by Crippen LogP contribution is -2.21. The van der Waals surface area contributed by atoms with E-state index < -0.39 is 0 Å². The number of benzene rings is 1. The van der Waals surface area contributed by atoms with Crippen LogP contribution in [0.4, 0.5) is 0 Å². The van der Waals surface area contributed by atoms with Crippen LogP contribution in [0.25, 0.3) is 0 Å². The summed E-state index contributed by atoms with van der Waals surface area (Å²) in [5.74, 6) is 0.658. The van der Waals surface area contributed by atoms with Crippen molar-refractivity contribution in [3.8, 4) is 6.07 Å². The highest BCUT2D eigenvalue weighted by molar-refractivity contribution is 8.14. The second-order valence-corrected chi connectivity index (χ2v) is 6.16. The van der Waals surface area contributed by atoms with E-state index in [9.17, 15) is 10.1 Å². The molecule has 0 aromatic heterocycles. The summed E-state index contributed by atoms with van der Waals surface area (Å²) in [5, 5.41) is 13.0. The van der Waals surface area contributed by atoms with Crippen LogP contribution >= 0.6 is 23.4 Å². The Morgan fingerprint density at radius 2 is 2.00 bits per heavy atom. The Kier molecular flexibility index (Phi) is 7.35. The molecule has 1 rings (SSSR count). The van der Waals surface area contributed by atoms with Crippen molar-refractivity contribution in [2.24, 2.45) is 0 Å². The van der Waals surface area contributed by atoms with Gasteiger partial charge in [0.15, 0.2) is 0 Å². The fourth-order valence-corrected chi connectivity index (χ4v) is 2.67. The van der Waals surface area contributed by atoms with Gasteiger partial charge in [-0.3, -0.25) is 4.79 Å². The maximum absolute atomic E-state index is 11.9. The second kappa shape index (κ2) is 8.76. The van der Waals surface area contributed by atoms with E-state index in [-0.39, 0.29) is 16.7 Å². The van der Waals surface area contributed by atoms with E-state index >= 15 is 0 Å². The third kappa shape index (κ3) is 5.11. The van der Waals surface area contributed by atoms with Crippen molar-refractivity contribution in [1.82, 2.24) is 5.32 Å². The van der Waals surface area contributed by atoms with Crippen molar-refractivity contribution in [1.29, 1.82) is 5.26 Å². The van der Waals surface area contributed by atoms with Crippen molar-refractivity contribution >= 4 is 28.5 Å². The summed E-state index contributed by atoms with van der Waals surface area (Å²) in [6.45, 7) is 5.71. The van der Waals surface area contributed by atoms with Crippen LogP contribution in [-0.4, -0.2) is 10.9 Å². The summed E-state index contributed by atoms with van der Waals surface area (Å²) in [7, 11) is 0. The molecule has 112 valence electrons. The molecule has 0 saturated heterocycles. The topological polar surface area (TPSA) is 52.9 Å². The smallest absolute Gasteiger partial charge is 0.231 e. The van der Waals surface area contributed by atoms with E-state index in [0.29, 0.717) is 16.5 Å². The lowest BCUT2D eigenvalue weighted by Gasteiger charge is -2.20. The van der Waals surface area contributed by atoms with Crippen molar-refractivity contribution < 1.29 is 4.79 Å². The Hall–Kier alpha value is -1.44. The lowest BCUT2D eigenvalue weighted by atomic mass is 10.0. The molecule has 1 aromatic carbocycles. The van der Waals surface area contributed by atoms with E-state index in [1.807, 2.05) is 44.2 Å². The molecule has 0 fully saturated rings. The Morgan fingerprint density at radius 1 is 1.38 bits per heavy atom. The van der Waals surface area contributed by atoms with Gasteiger partial charge in [-0.25, -0.2) is 0 Å². The van der Waals surface area contributed by atoms with E-state index in [4.69, 9.17) is 11.6 Å². The minimum Gasteiger partial charge on any atom is -0.381 e. The molecule has 0 amide bonds. The fourth-order valence-electron chi connectivity index (χ4n) is 1.94. The maximum atomic E-state index is 11.9. The van der Waals surface area contributed by atoms with Gasteiger partial charge in [-0.1, -0.05) is 49.3 Å². The Bertz CT molecular complexity index is 561. The maximum Gasteiger partial charge on any atom is 0.231 e. The van der Waals surface area contributed by atoms with Gasteiger partial charge in [0.05, 0.1) is 6.04 Å². The number of hydrogen-bond donors (Lipinski definition) is 1. The Labute approximate surface area is 135 Å². The molecular weight excluding hydrogens is 304 g/mol. The minimum absolute atomic E-state index is 0.0463. The van der Waals surface area contributed by atoms with Crippen LogP contribution in [0.2, 0.25) is 5.02 Å². The molecule has 1 aromatic rings. The van der Waals surface area contributed by atoms with Crippen molar-refractivity contribution in [3.05, 3.63) is 46.1 Å². The first kappa shape index (κ1) is 17.6. The van der Waals surface area contributed by atoms with E-state index in [0.717, 1.165) is 23.7 Å². The standard InChI is InChI=1S/C16H19ClN2OS/c1-4-15(12-6-8-13(17)9-7-12)19-11(3)14(10-18)16(20)21-5-2/h6-9,15,19H,4-5H2,1-3H3. The van der Waals surface area contributed by atoms with Crippen LogP contribution in [0.1, 0.15) is 38.8 Å². The SMILES string of the molecule is CCSC(=O)C(C#N)=C(C)NC(CC)c1ccc(Cl)cc1. The number of nitrogens with zero attached hydrogens (tertiary/aromatic N) is 1. The zero-order chi connectivity index (χ0) is 15.8. The van der Waals surface area contributed by atoms with Gasteiger partial charge < -0.3 is 5.32 Å². The molecule has 1 unspecified atom stereocenters. The molecule has 0 aliphatic heterocycles. The van der Waals surface area contributed by atoms with Crippen LogP contribution in [0.15, 0.2) is 35.5 Å². The zero-order valence-electron chi connectivity index (χ0n) is 12.4. The fraction of sp³-hybridized carbons (Fsp3) is 0.375. The molecule has 5 heteroatoms. The summed E-state index contributed by atoms with van der Waals surface area (Å²) in [6.07, 6.45) is 0.840. The largest absolute Gasteiger partial charge is 0.381 e. The second-order valence-electron chi connectivity index (χ2n) is 4.49. The highest BCUT2D eigenvalue weighted by Gasteiger charge is 2.16. The third-order valence-corrected chi connectivity index (χ3v) is 4.04. The van der Waals surface area contributed by atoms with E-state index in [2.05, 4.69) is 5.32 Å². The van der Waals surface area contributed by atoms with E-state index in [1.54, 1.807) is 6.92 Å². The average molecular weight is 323 g/mol. The number of allylic oxidation sites excluding steroid dienone is 1. The number of carbonyl (C=O) groups is 1. The van der Waals surface area contributed by atoms with Crippen molar-refractivity contribution in [2.45, 2.75) is 33.2 Å². The molecule has 0 heterocycles. The normalized spacial score (nSPS) is 13.1. The molecule has 0 saturated carbocycles. The molecule has 0 radical (unpaired) electrons. The first-order valence-electron chi connectivity index (χ1n) is 6.83. The molecule has 1 N–H and O–H groups in total. The number of nitriles is 1. The highest BCUT2D eigenvalue weighted by Crippen LogP contribution is 2.22. The number of halogens is 1. The first-order valence-corrected chi connectivity index (χ1v) is 8.19. The van der Waals surface area contributed by atoms with Crippen molar-refractivity contribution in [2.75, 3.05) is 5.75 Å². The molecule has 0 aliphatic carbocycles. The summed E-state index contributed by atoms with van der Waals surface area (Å²) in [4.78, 5) is 11.9. The van der Waals surface area contributed by atoms with Crippen LogP contribution in [-0.2, 0) is 4.79 Å². The predicted octanol–water partition coefficient (Wildman–Crippen LogP) is 4.46. The van der Waals surface area contributed by atoms with Gasteiger partial charge in [0.1, 0.15) is 11.6 Å². The molecule has 1 atom stereocenters. The van der Waals surface area contributed by atoms with E-state index in [1.165, 1.54) is 0 Å². The molecule has 0 bridgehead atoms. The summed E-state index contributed by atoms with van der Waals surface area (Å²) < 4.78 is 0. The van der Waals surface area contributed by atoms with Gasteiger partial charge in [-0.15, -0.1) is 0 Å². The molecule has 21 heavy (non-hydrogen) atoms. The quantitative estimate of drug-likeness (QED) is 0.620. The Morgan fingerprint density at radius 3 is 2.48 bits per heavy atom. The lowest BCUT2D eigenvalue weighted by molar-refractivity contribution is -0.107. The molecule has 0 aliphatic rings. The summed E-state index contributed by atoms with van der Waals surface area (Å²) in [5.41, 5.74) is 1.88. The van der Waals surface area contributed by atoms with Gasteiger partial charge >= 0.3 is 0 Å². The predicted molar refractivity (Wildman–Crippen MR) is 89.1 cm³/mol. The third-order valence-electron chi connectivity index (χ3n) is 3.04. The van der Waals surface area contributed by atoms with Crippen LogP contribution in [0.5, 0.6) is 0 Å². The van der Waals surface area contributed by atoms with Gasteiger partial charge in [-0.05, 0) is 36.8 Å². The van der Waals surface area contributed by atoms with Crippen LogP contribution < -0.4 is 5.32 Å². The van der Waals surface area contributed by atoms with Crippen LogP contribution in [0.3, 0.4) is 0 Å². The highest BCUT2D eigenvalue weighted by atomic mass is 35.5. The molecular formula is C16H19ClN2OS. The summed E-state index contributed by atoms with van der Waals surface area (Å²) >= 11 is 7.04. The van der Waals surface area contributed by atoms with Gasteiger partial charge in [0, 0.05) is 10.7 Å². The van der Waals surface area contributed by atoms with Gasteiger partial charge in [-0.2, -0.15) is 5.26 Å². The Balaban J connectivity index is 2.96. The number of nitrogens with one attached hydrogen (secondary N) is 1. The zero-order valence-corrected chi connectivity index (χ0v) is 14.0. The molecule has 0 spiro atoms. The molecule has 3 nitrogen and oxygen atoms in total. The first-order chi connectivity index (χ1) is 10.0. The van der Waals surface area contributed by atoms with Crippen molar-refractivity contribution in [3.63, 3.8) is 0 Å². The van der Waals surface area contributed by atoms with Crippen LogP contribution in [0, 0.1) is 11.3 Å². The number of carbonyl (C=O) groups excluding carboxylic acids is 1. The number of rotatable bonds is 6. The number of thioether (sulfide) groups is 1. The van der Waals surface area contributed by atoms with Gasteiger partial charge in [0.2, 0.25) is 5.12 Å². The average Bonchev–Trinajstić information content (AvgIpc) is 2.47. The summed E-state index contributed by atoms with van der Waals surface area (Å²) in [6, 6.07) is 9.62. The minimum atomic E-state index is -0.184. The number of hydrogen-bond acceptors (Lipinski definition) is 4. The monoisotopic (exact) mass is 322 g/mol.